The quantitative estimate of drug-likeness (QED) is 0.564. The Kier molecular flexibility index (Phi) is 6.31. The molecule has 1 aromatic rings. The molecule has 2 rings (SSSR count). The molecule has 0 spiro atoms. The molecule has 7 nitrogen and oxygen atoms in total. The van der Waals surface area contributed by atoms with E-state index >= 15 is 0 Å². The number of hydrogen-bond donors (Lipinski definition) is 3. The number of benzene rings is 1. The summed E-state index contributed by atoms with van der Waals surface area (Å²) in [5.74, 6) is -0.599. The minimum atomic E-state index is -0.388. The Morgan fingerprint density at radius 1 is 1.12 bits per heavy atom. The van der Waals surface area contributed by atoms with Crippen LogP contribution in [0.2, 0.25) is 0 Å². The van der Waals surface area contributed by atoms with Gasteiger partial charge in [0.25, 0.3) is 11.8 Å². The van der Waals surface area contributed by atoms with E-state index in [0.29, 0.717) is 23.9 Å². The molecular weight excluding hydrogens is 310 g/mol. The highest BCUT2D eigenvalue weighted by Crippen LogP contribution is 2.18. The first-order chi connectivity index (χ1) is 11.5. The van der Waals surface area contributed by atoms with Crippen molar-refractivity contribution >= 4 is 23.5 Å². The number of carbonyl (C=O) groups is 3. The van der Waals surface area contributed by atoms with Crippen LogP contribution in [-0.2, 0) is 14.3 Å². The number of anilines is 1. The molecular formula is C17H24N3O4+. The molecule has 1 atom stereocenters. The topological polar surface area (TPSA) is 88.9 Å². The summed E-state index contributed by atoms with van der Waals surface area (Å²) >= 11 is 0. The summed E-state index contributed by atoms with van der Waals surface area (Å²) in [6, 6.07) is 6.84. The van der Waals surface area contributed by atoms with Gasteiger partial charge in [0, 0.05) is 11.7 Å². The summed E-state index contributed by atoms with van der Waals surface area (Å²) in [6.45, 7) is 2.53. The predicted molar refractivity (Wildman–Crippen MR) is 88.8 cm³/mol. The Morgan fingerprint density at radius 2 is 1.75 bits per heavy atom. The van der Waals surface area contributed by atoms with Gasteiger partial charge in [0.1, 0.15) is 0 Å². The highest BCUT2D eigenvalue weighted by atomic mass is 16.5. The van der Waals surface area contributed by atoms with Crippen LogP contribution < -0.4 is 15.5 Å². The van der Waals surface area contributed by atoms with Crippen molar-refractivity contribution in [3.63, 3.8) is 0 Å². The number of nitrogens with one attached hydrogen (secondary N) is 3. The molecule has 7 heteroatoms. The lowest BCUT2D eigenvalue weighted by atomic mass is 10.2. The average molecular weight is 334 g/mol. The lowest BCUT2D eigenvalue weighted by Gasteiger charge is -2.13. The van der Waals surface area contributed by atoms with Crippen molar-refractivity contribution in [3.8, 4) is 0 Å². The maximum absolute atomic E-state index is 12.0. The lowest BCUT2D eigenvalue weighted by Crippen LogP contribution is -3.11. The Balaban J connectivity index is 1.76. The molecule has 1 fully saturated rings. The van der Waals surface area contributed by atoms with Crippen molar-refractivity contribution in [3.05, 3.63) is 29.8 Å². The molecule has 24 heavy (non-hydrogen) atoms. The van der Waals surface area contributed by atoms with Gasteiger partial charge in [-0.1, -0.05) is 0 Å². The fourth-order valence-electron chi connectivity index (χ4n) is 2.23. The fourth-order valence-corrected chi connectivity index (χ4v) is 2.23. The van der Waals surface area contributed by atoms with Gasteiger partial charge in [-0.2, -0.15) is 0 Å². The molecule has 2 amide bonds. The summed E-state index contributed by atoms with van der Waals surface area (Å²) in [5.41, 5.74) is 1.04. The van der Waals surface area contributed by atoms with Crippen LogP contribution in [0.5, 0.6) is 0 Å². The molecule has 1 aromatic carbocycles. The molecule has 130 valence electrons. The van der Waals surface area contributed by atoms with Gasteiger partial charge in [-0.25, -0.2) is 4.79 Å². The van der Waals surface area contributed by atoms with Gasteiger partial charge in [0.2, 0.25) is 0 Å². The number of amides is 2. The van der Waals surface area contributed by atoms with Crippen molar-refractivity contribution in [2.45, 2.75) is 25.8 Å². The van der Waals surface area contributed by atoms with Gasteiger partial charge >= 0.3 is 5.97 Å². The summed E-state index contributed by atoms with van der Waals surface area (Å²) in [7, 11) is 1.80. The molecule has 3 N–H and O–H groups in total. The van der Waals surface area contributed by atoms with Crippen LogP contribution in [0.25, 0.3) is 0 Å². The molecule has 1 aliphatic rings. The van der Waals surface area contributed by atoms with Crippen LogP contribution in [-0.4, -0.2) is 50.6 Å². The van der Waals surface area contributed by atoms with E-state index in [9.17, 15) is 14.4 Å². The first-order valence-electron chi connectivity index (χ1n) is 8.15. The highest BCUT2D eigenvalue weighted by Gasteiger charge is 2.24. The van der Waals surface area contributed by atoms with E-state index in [2.05, 4.69) is 10.6 Å². The summed E-state index contributed by atoms with van der Waals surface area (Å²) in [6.07, 6.45) is 2.10. The summed E-state index contributed by atoms with van der Waals surface area (Å²) in [5, 5.41) is 5.65. The molecule has 0 radical (unpaired) electrons. The third kappa shape index (κ3) is 6.00. The third-order valence-corrected chi connectivity index (χ3v) is 3.55. The highest BCUT2D eigenvalue weighted by molar-refractivity contribution is 5.93. The van der Waals surface area contributed by atoms with Crippen LogP contribution >= 0.6 is 0 Å². The van der Waals surface area contributed by atoms with E-state index < -0.39 is 0 Å². The van der Waals surface area contributed by atoms with Gasteiger partial charge in [0.05, 0.1) is 19.2 Å². The monoisotopic (exact) mass is 334 g/mol. The second kappa shape index (κ2) is 8.44. The lowest BCUT2D eigenvalue weighted by molar-refractivity contribution is -0.862. The number of ether oxygens (including phenoxy) is 1. The normalized spacial score (nSPS) is 14.6. The number of likely N-dealkylation sites (N-methyl/N-ethyl adjacent to an activating group) is 1. The van der Waals surface area contributed by atoms with Crippen molar-refractivity contribution in [1.29, 1.82) is 0 Å². The van der Waals surface area contributed by atoms with Gasteiger partial charge < -0.3 is 20.3 Å². The Morgan fingerprint density at radius 3 is 2.33 bits per heavy atom. The van der Waals surface area contributed by atoms with Crippen LogP contribution in [0, 0.1) is 0 Å². The zero-order valence-electron chi connectivity index (χ0n) is 14.1. The first-order valence-corrected chi connectivity index (χ1v) is 8.15. The van der Waals surface area contributed by atoms with Crippen molar-refractivity contribution in [2.24, 2.45) is 0 Å². The maximum atomic E-state index is 12.0. The molecule has 0 heterocycles. The van der Waals surface area contributed by atoms with Crippen LogP contribution in [0.15, 0.2) is 24.3 Å². The summed E-state index contributed by atoms with van der Waals surface area (Å²) < 4.78 is 4.90. The van der Waals surface area contributed by atoms with E-state index in [1.165, 1.54) is 0 Å². The molecule has 0 saturated heterocycles. The number of carbonyl (C=O) groups excluding carboxylic acids is 3. The number of hydrogen-bond acceptors (Lipinski definition) is 4. The molecule has 1 unspecified atom stereocenters. The van der Waals surface area contributed by atoms with Crippen molar-refractivity contribution in [1.82, 2.24) is 5.32 Å². The Bertz CT molecular complexity index is 596. The SMILES string of the molecule is CCOC(=O)c1ccc(NC(=O)C[NH+](C)CC(=O)NC2CC2)cc1. The van der Waals surface area contributed by atoms with Crippen molar-refractivity contribution in [2.75, 3.05) is 32.1 Å². The minimum Gasteiger partial charge on any atom is -0.462 e. The number of quaternary nitrogens is 1. The number of rotatable bonds is 8. The minimum absolute atomic E-state index is 0.0263. The third-order valence-electron chi connectivity index (χ3n) is 3.55. The zero-order valence-corrected chi connectivity index (χ0v) is 14.1. The second-order valence-corrected chi connectivity index (χ2v) is 6.00. The second-order valence-electron chi connectivity index (χ2n) is 6.00. The van der Waals surface area contributed by atoms with Crippen LogP contribution in [0.4, 0.5) is 5.69 Å². The van der Waals surface area contributed by atoms with Gasteiger partial charge in [0.15, 0.2) is 13.1 Å². The average Bonchev–Trinajstić information content (AvgIpc) is 3.31. The Hall–Kier alpha value is -2.41. The predicted octanol–water partition coefficient (Wildman–Crippen LogP) is -0.405. The number of esters is 1. The van der Waals surface area contributed by atoms with E-state index in [-0.39, 0.29) is 30.9 Å². The fraction of sp³-hybridized carbons (Fsp3) is 0.471. The van der Waals surface area contributed by atoms with E-state index in [1.807, 2.05) is 0 Å². The van der Waals surface area contributed by atoms with E-state index in [0.717, 1.165) is 17.7 Å². The Labute approximate surface area is 141 Å². The maximum Gasteiger partial charge on any atom is 0.338 e. The molecule has 1 saturated carbocycles. The molecule has 1 aliphatic carbocycles. The largest absolute Gasteiger partial charge is 0.462 e. The van der Waals surface area contributed by atoms with E-state index in [1.54, 1.807) is 38.2 Å². The van der Waals surface area contributed by atoms with Gasteiger partial charge in [-0.15, -0.1) is 0 Å². The standard InChI is InChI=1S/C17H23N3O4/c1-3-24-17(23)12-4-6-13(7-5-12)18-15(21)10-20(2)11-16(22)19-14-8-9-14/h4-7,14H,3,8-11H2,1-2H3,(H,18,21)(H,19,22)/p+1. The first kappa shape index (κ1) is 17.9. The van der Waals surface area contributed by atoms with Crippen LogP contribution in [0.1, 0.15) is 30.1 Å². The van der Waals surface area contributed by atoms with Crippen molar-refractivity contribution < 1.29 is 24.0 Å². The van der Waals surface area contributed by atoms with Gasteiger partial charge in [-0.3, -0.25) is 9.59 Å². The molecule has 0 bridgehead atoms. The van der Waals surface area contributed by atoms with Gasteiger partial charge in [-0.05, 0) is 44.0 Å². The molecule has 0 aromatic heterocycles. The van der Waals surface area contributed by atoms with Crippen LogP contribution in [0.3, 0.4) is 0 Å². The smallest absolute Gasteiger partial charge is 0.338 e. The molecule has 0 aliphatic heterocycles. The zero-order chi connectivity index (χ0) is 17.5. The summed E-state index contributed by atoms with van der Waals surface area (Å²) in [4.78, 5) is 36.1. The van der Waals surface area contributed by atoms with E-state index in [4.69, 9.17) is 4.74 Å².